The van der Waals surface area contributed by atoms with Crippen molar-refractivity contribution in [1.82, 2.24) is 10.2 Å². The molecule has 1 aliphatic heterocycles. The van der Waals surface area contributed by atoms with E-state index in [1.807, 2.05) is 12.1 Å². The second-order valence-corrected chi connectivity index (χ2v) is 5.01. The van der Waals surface area contributed by atoms with Crippen molar-refractivity contribution in [2.24, 2.45) is 0 Å². The summed E-state index contributed by atoms with van der Waals surface area (Å²) >= 11 is 0. The van der Waals surface area contributed by atoms with Crippen molar-refractivity contribution in [3.8, 4) is 11.5 Å². The molecule has 1 aromatic rings. The lowest BCUT2D eigenvalue weighted by atomic mass is 10.1. The monoisotopic (exact) mass is 350 g/mol. The van der Waals surface area contributed by atoms with Crippen LogP contribution >= 0.6 is 0 Å². The molecule has 1 heterocycles. The Morgan fingerprint density at radius 1 is 1.25 bits per heavy atom. The van der Waals surface area contributed by atoms with E-state index in [-0.39, 0.29) is 0 Å². The topological polar surface area (TPSA) is 71.0 Å². The summed E-state index contributed by atoms with van der Waals surface area (Å²) in [7, 11) is 3.38. The van der Waals surface area contributed by atoms with E-state index in [0.717, 1.165) is 44.2 Å². The van der Waals surface area contributed by atoms with Crippen LogP contribution in [-0.4, -0.2) is 62.6 Å². The van der Waals surface area contributed by atoms with E-state index in [1.165, 1.54) is 5.56 Å². The third kappa shape index (κ3) is 6.63. The highest BCUT2D eigenvalue weighted by Crippen LogP contribution is 2.25. The smallest absolute Gasteiger partial charge is 0.490 e. The Labute approximate surface area is 138 Å². The van der Waals surface area contributed by atoms with Crippen LogP contribution in [0.25, 0.3) is 0 Å². The summed E-state index contributed by atoms with van der Waals surface area (Å²) in [5, 5.41) is 10.5. The second-order valence-electron chi connectivity index (χ2n) is 5.01. The fourth-order valence-electron chi connectivity index (χ4n) is 2.09. The normalized spacial score (nSPS) is 15.2. The summed E-state index contributed by atoms with van der Waals surface area (Å²) in [5.41, 5.74) is 1.22. The fourth-order valence-corrected chi connectivity index (χ4v) is 2.09. The highest BCUT2D eigenvalue weighted by molar-refractivity contribution is 5.73. The van der Waals surface area contributed by atoms with Crippen LogP contribution in [-0.2, 0) is 11.3 Å². The minimum atomic E-state index is -5.08. The predicted molar refractivity (Wildman–Crippen MR) is 81.4 cm³/mol. The number of carboxylic acids is 1. The maximum Gasteiger partial charge on any atom is 0.490 e. The van der Waals surface area contributed by atoms with Crippen molar-refractivity contribution in [3.05, 3.63) is 23.8 Å². The number of rotatable bonds is 4. The van der Waals surface area contributed by atoms with Crippen molar-refractivity contribution in [2.75, 3.05) is 40.4 Å². The summed E-state index contributed by atoms with van der Waals surface area (Å²) in [6.45, 7) is 5.26. The standard InChI is InChI=1S/C13H20N2O2.C2HF3O2/c1-16-12-4-3-11(13(9-12)17-2)10-15-7-5-14-6-8-15;3-2(4,5)1(6)7/h3-4,9,14H,5-8,10H2,1-2H3;(H,6,7). The largest absolute Gasteiger partial charge is 0.497 e. The maximum absolute atomic E-state index is 10.6. The molecule has 0 saturated carbocycles. The number of piperazine rings is 1. The Kier molecular flexibility index (Phi) is 7.80. The Balaban J connectivity index is 0.000000351. The van der Waals surface area contributed by atoms with Gasteiger partial charge in [0.25, 0.3) is 0 Å². The number of benzene rings is 1. The van der Waals surface area contributed by atoms with Gasteiger partial charge in [0, 0.05) is 44.4 Å². The third-order valence-electron chi connectivity index (χ3n) is 3.34. The van der Waals surface area contributed by atoms with Crippen molar-refractivity contribution in [2.45, 2.75) is 12.7 Å². The maximum atomic E-state index is 10.6. The quantitative estimate of drug-likeness (QED) is 0.862. The molecule has 0 aliphatic carbocycles. The Bertz CT molecular complexity index is 532. The van der Waals surface area contributed by atoms with Gasteiger partial charge < -0.3 is 19.9 Å². The number of carbonyl (C=O) groups is 1. The second kappa shape index (κ2) is 9.33. The van der Waals surface area contributed by atoms with Gasteiger partial charge >= 0.3 is 12.1 Å². The van der Waals surface area contributed by atoms with Crippen LogP contribution in [0.2, 0.25) is 0 Å². The van der Waals surface area contributed by atoms with E-state index < -0.39 is 12.1 Å². The number of ether oxygens (including phenoxy) is 2. The summed E-state index contributed by atoms with van der Waals surface area (Å²) in [4.78, 5) is 11.3. The van der Waals surface area contributed by atoms with Gasteiger partial charge in [-0.25, -0.2) is 4.79 Å². The van der Waals surface area contributed by atoms with E-state index in [9.17, 15) is 13.2 Å². The average Bonchev–Trinajstić information content (AvgIpc) is 2.56. The average molecular weight is 350 g/mol. The summed E-state index contributed by atoms with van der Waals surface area (Å²) < 4.78 is 42.3. The van der Waals surface area contributed by atoms with Crippen LogP contribution in [0.4, 0.5) is 13.2 Å². The predicted octanol–water partition coefficient (Wildman–Crippen LogP) is 1.74. The molecule has 2 N–H and O–H groups in total. The Morgan fingerprint density at radius 2 is 1.83 bits per heavy atom. The minimum absolute atomic E-state index is 0.839. The number of halogens is 3. The first-order valence-corrected chi connectivity index (χ1v) is 7.22. The van der Waals surface area contributed by atoms with Gasteiger partial charge in [0.2, 0.25) is 0 Å². The first-order valence-electron chi connectivity index (χ1n) is 7.22. The highest BCUT2D eigenvalue weighted by atomic mass is 19.4. The molecule has 2 rings (SSSR count). The SMILES string of the molecule is COc1ccc(CN2CCNCC2)c(OC)c1.O=C(O)C(F)(F)F. The molecular weight excluding hydrogens is 329 g/mol. The van der Waals surface area contributed by atoms with Gasteiger partial charge in [-0.3, -0.25) is 4.90 Å². The first kappa shape index (κ1) is 20.0. The Morgan fingerprint density at radius 3 is 2.29 bits per heavy atom. The van der Waals surface area contributed by atoms with E-state index in [4.69, 9.17) is 19.4 Å². The van der Waals surface area contributed by atoms with Gasteiger partial charge in [0.05, 0.1) is 14.2 Å². The molecule has 0 aromatic heterocycles. The van der Waals surface area contributed by atoms with Gasteiger partial charge in [0.1, 0.15) is 11.5 Å². The number of nitrogens with one attached hydrogen (secondary N) is 1. The summed E-state index contributed by atoms with van der Waals surface area (Å²) in [6.07, 6.45) is -5.08. The van der Waals surface area contributed by atoms with E-state index in [0.29, 0.717) is 0 Å². The molecule has 0 amide bonds. The van der Waals surface area contributed by atoms with Gasteiger partial charge in [-0.2, -0.15) is 13.2 Å². The van der Waals surface area contributed by atoms with Gasteiger partial charge in [0.15, 0.2) is 0 Å². The van der Waals surface area contributed by atoms with Gasteiger partial charge in [-0.15, -0.1) is 0 Å². The van der Waals surface area contributed by atoms with Crippen LogP contribution in [0.3, 0.4) is 0 Å². The number of nitrogens with zero attached hydrogens (tertiary/aromatic N) is 1. The number of hydrogen-bond donors (Lipinski definition) is 2. The molecule has 0 atom stereocenters. The molecular formula is C15H21F3N2O4. The van der Waals surface area contributed by atoms with Crippen LogP contribution < -0.4 is 14.8 Å². The first-order chi connectivity index (χ1) is 11.3. The lowest BCUT2D eigenvalue weighted by molar-refractivity contribution is -0.192. The molecule has 136 valence electrons. The van der Waals surface area contributed by atoms with Crippen LogP contribution in [0.1, 0.15) is 5.56 Å². The summed E-state index contributed by atoms with van der Waals surface area (Å²) in [5.74, 6) is -1.01. The third-order valence-corrected chi connectivity index (χ3v) is 3.34. The van der Waals surface area contributed by atoms with E-state index >= 15 is 0 Å². The molecule has 24 heavy (non-hydrogen) atoms. The van der Waals surface area contributed by atoms with Crippen molar-refractivity contribution >= 4 is 5.97 Å². The van der Waals surface area contributed by atoms with Crippen molar-refractivity contribution < 1.29 is 32.5 Å². The lowest BCUT2D eigenvalue weighted by Gasteiger charge is -2.27. The minimum Gasteiger partial charge on any atom is -0.497 e. The number of hydrogen-bond acceptors (Lipinski definition) is 5. The number of carboxylic acid groups (broad SMARTS) is 1. The molecule has 1 saturated heterocycles. The van der Waals surface area contributed by atoms with E-state index in [1.54, 1.807) is 14.2 Å². The number of methoxy groups -OCH3 is 2. The number of aliphatic carboxylic acids is 1. The highest BCUT2D eigenvalue weighted by Gasteiger charge is 2.38. The zero-order valence-corrected chi connectivity index (χ0v) is 13.5. The zero-order chi connectivity index (χ0) is 18.2. The number of alkyl halides is 3. The molecule has 9 heteroatoms. The molecule has 1 aromatic carbocycles. The molecule has 0 radical (unpaired) electrons. The van der Waals surface area contributed by atoms with Gasteiger partial charge in [-0.05, 0) is 6.07 Å². The molecule has 1 fully saturated rings. The van der Waals surface area contributed by atoms with Crippen LogP contribution in [0.5, 0.6) is 11.5 Å². The molecule has 6 nitrogen and oxygen atoms in total. The molecule has 1 aliphatic rings. The van der Waals surface area contributed by atoms with Crippen molar-refractivity contribution in [1.29, 1.82) is 0 Å². The zero-order valence-electron chi connectivity index (χ0n) is 13.5. The summed E-state index contributed by atoms with van der Waals surface area (Å²) in [6, 6.07) is 6.01. The lowest BCUT2D eigenvalue weighted by Crippen LogP contribution is -2.42. The molecule has 0 unspecified atom stereocenters. The van der Waals surface area contributed by atoms with Gasteiger partial charge in [-0.1, -0.05) is 6.07 Å². The van der Waals surface area contributed by atoms with Crippen LogP contribution in [0, 0.1) is 0 Å². The molecule has 0 bridgehead atoms. The van der Waals surface area contributed by atoms with E-state index in [2.05, 4.69) is 16.3 Å². The van der Waals surface area contributed by atoms with Crippen LogP contribution in [0.15, 0.2) is 18.2 Å². The fraction of sp³-hybridized carbons (Fsp3) is 0.533. The Hall–Kier alpha value is -2.00. The van der Waals surface area contributed by atoms with Crippen molar-refractivity contribution in [3.63, 3.8) is 0 Å². The molecule has 0 spiro atoms.